The number of amides is 1. The molecule has 0 fully saturated rings. The second-order valence-corrected chi connectivity index (χ2v) is 6.97. The van der Waals surface area contributed by atoms with Gasteiger partial charge in [0.05, 0.1) is 7.11 Å². The maximum Gasteiger partial charge on any atom is 0.407 e. The molecule has 0 aromatic heterocycles. The lowest BCUT2D eigenvalue weighted by atomic mass is 9.98. The van der Waals surface area contributed by atoms with E-state index in [1.54, 1.807) is 0 Å². The molecule has 1 atom stereocenters. The van der Waals surface area contributed by atoms with E-state index in [0.717, 1.165) is 12.8 Å². The first kappa shape index (κ1) is 19.9. The summed E-state index contributed by atoms with van der Waals surface area (Å²) < 4.78 is 10.1. The molecule has 0 aliphatic heterocycles. The molecule has 4 N–H and O–H groups in total. The van der Waals surface area contributed by atoms with Crippen molar-refractivity contribution in [2.24, 2.45) is 0 Å². The van der Waals surface area contributed by atoms with Crippen LogP contribution in [-0.4, -0.2) is 38.4 Å². The van der Waals surface area contributed by atoms with Crippen LogP contribution in [0.4, 0.5) is 4.79 Å². The predicted molar refractivity (Wildman–Crippen MR) is 106 cm³/mol. The lowest BCUT2D eigenvalue weighted by Crippen LogP contribution is -2.65. The maximum absolute atomic E-state index is 12.1. The highest BCUT2D eigenvalue weighted by atomic mass is 16.5. The number of fused-ring (bicyclic) bond motifs is 3. The van der Waals surface area contributed by atoms with Crippen molar-refractivity contribution in [3.8, 4) is 11.1 Å². The van der Waals surface area contributed by atoms with Gasteiger partial charge in [0.25, 0.3) is 0 Å². The average Bonchev–Trinajstić information content (AvgIpc) is 3.05. The molecule has 1 aliphatic carbocycles. The highest BCUT2D eigenvalue weighted by Gasteiger charge is 2.28. The van der Waals surface area contributed by atoms with Crippen molar-refractivity contribution in [2.75, 3.05) is 20.3 Å². The first-order valence-electron chi connectivity index (χ1n) is 9.61. The Kier molecular flexibility index (Phi) is 6.66. The molecular formula is C22H27N2O4+. The highest BCUT2D eigenvalue weighted by Crippen LogP contribution is 2.44. The fourth-order valence-corrected chi connectivity index (χ4v) is 3.64. The van der Waals surface area contributed by atoms with Crippen LogP contribution >= 0.6 is 0 Å². The first-order chi connectivity index (χ1) is 13.6. The number of rotatable bonds is 8. The Morgan fingerprint density at radius 1 is 1.04 bits per heavy atom. The SMILES string of the molecule is COC(=O)[C@@H]([NH3+])CCCCNC(=O)OCC1c2ccccc2-c2ccccc21. The minimum Gasteiger partial charge on any atom is -0.465 e. The van der Waals surface area contributed by atoms with Crippen LogP contribution in [0.15, 0.2) is 48.5 Å². The summed E-state index contributed by atoms with van der Waals surface area (Å²) in [4.78, 5) is 23.4. The van der Waals surface area contributed by atoms with Crippen molar-refractivity contribution in [3.05, 3.63) is 59.7 Å². The van der Waals surface area contributed by atoms with Gasteiger partial charge in [0, 0.05) is 18.9 Å². The van der Waals surface area contributed by atoms with Crippen LogP contribution in [0.2, 0.25) is 0 Å². The Labute approximate surface area is 165 Å². The van der Waals surface area contributed by atoms with E-state index < -0.39 is 6.09 Å². The van der Waals surface area contributed by atoms with E-state index in [2.05, 4.69) is 40.1 Å². The van der Waals surface area contributed by atoms with Gasteiger partial charge < -0.3 is 20.5 Å². The van der Waals surface area contributed by atoms with E-state index in [-0.39, 0.29) is 17.9 Å². The monoisotopic (exact) mass is 383 g/mol. The summed E-state index contributed by atoms with van der Waals surface area (Å²) in [6.45, 7) is 0.813. The van der Waals surface area contributed by atoms with Crippen LogP contribution in [0.25, 0.3) is 11.1 Å². The van der Waals surface area contributed by atoms with Gasteiger partial charge in [0.1, 0.15) is 6.61 Å². The van der Waals surface area contributed by atoms with E-state index in [1.165, 1.54) is 29.4 Å². The number of nitrogens with one attached hydrogen (secondary N) is 1. The molecule has 0 bridgehead atoms. The van der Waals surface area contributed by atoms with E-state index in [9.17, 15) is 9.59 Å². The van der Waals surface area contributed by atoms with Gasteiger partial charge >= 0.3 is 12.1 Å². The van der Waals surface area contributed by atoms with Crippen LogP contribution in [-0.2, 0) is 14.3 Å². The fraction of sp³-hybridized carbons (Fsp3) is 0.364. The molecule has 0 heterocycles. The molecule has 3 rings (SSSR count). The van der Waals surface area contributed by atoms with Crippen molar-refractivity contribution in [1.29, 1.82) is 0 Å². The molecular weight excluding hydrogens is 356 g/mol. The standard InChI is InChI=1S/C22H26N2O4/c1-27-21(25)20(23)12-6-7-13-24-22(26)28-14-19-17-10-4-2-8-15(17)16-9-3-5-11-18(16)19/h2-5,8-11,19-20H,6-7,12-14,23H2,1H3,(H,24,26)/p+1/t20-/m0/s1. The van der Waals surface area contributed by atoms with Crippen molar-refractivity contribution in [3.63, 3.8) is 0 Å². The lowest BCUT2D eigenvalue weighted by molar-refractivity contribution is -0.409. The minimum absolute atomic E-state index is 0.0603. The third kappa shape index (κ3) is 4.51. The lowest BCUT2D eigenvalue weighted by Gasteiger charge is -2.14. The topological polar surface area (TPSA) is 92.3 Å². The number of methoxy groups -OCH3 is 1. The molecule has 2 aromatic carbocycles. The van der Waals surface area contributed by atoms with Crippen LogP contribution in [0.3, 0.4) is 0 Å². The minimum atomic E-state index is -0.416. The quantitative estimate of drug-likeness (QED) is 0.541. The van der Waals surface area contributed by atoms with Gasteiger partial charge in [-0.25, -0.2) is 9.59 Å². The Hall–Kier alpha value is -2.86. The summed E-state index contributed by atoms with van der Waals surface area (Å²) in [5, 5.41) is 2.77. The summed E-state index contributed by atoms with van der Waals surface area (Å²) >= 11 is 0. The second kappa shape index (κ2) is 9.37. The Morgan fingerprint density at radius 2 is 1.64 bits per heavy atom. The second-order valence-electron chi connectivity index (χ2n) is 6.97. The molecule has 6 heteroatoms. The molecule has 1 amide bonds. The molecule has 28 heavy (non-hydrogen) atoms. The van der Waals surface area contributed by atoms with Gasteiger partial charge in [0.15, 0.2) is 6.04 Å². The summed E-state index contributed by atoms with van der Waals surface area (Å²) in [7, 11) is 1.36. The molecule has 0 saturated heterocycles. The number of hydrogen-bond acceptors (Lipinski definition) is 4. The van der Waals surface area contributed by atoms with Crippen molar-refractivity contribution >= 4 is 12.1 Å². The zero-order chi connectivity index (χ0) is 19.9. The van der Waals surface area contributed by atoms with Gasteiger partial charge in [-0.1, -0.05) is 48.5 Å². The van der Waals surface area contributed by atoms with Gasteiger partial charge in [-0.2, -0.15) is 0 Å². The normalized spacial score (nSPS) is 13.4. The van der Waals surface area contributed by atoms with Gasteiger partial charge in [-0.15, -0.1) is 0 Å². The van der Waals surface area contributed by atoms with E-state index >= 15 is 0 Å². The molecule has 0 saturated carbocycles. The largest absolute Gasteiger partial charge is 0.465 e. The molecule has 2 aromatic rings. The maximum atomic E-state index is 12.1. The zero-order valence-corrected chi connectivity index (χ0v) is 16.1. The van der Waals surface area contributed by atoms with Gasteiger partial charge in [-0.3, -0.25) is 0 Å². The molecule has 6 nitrogen and oxygen atoms in total. The smallest absolute Gasteiger partial charge is 0.407 e. The van der Waals surface area contributed by atoms with Gasteiger partial charge in [0.2, 0.25) is 0 Å². The van der Waals surface area contributed by atoms with E-state index in [4.69, 9.17) is 4.74 Å². The Morgan fingerprint density at radius 3 is 2.25 bits per heavy atom. The zero-order valence-electron chi connectivity index (χ0n) is 16.1. The number of hydrogen-bond donors (Lipinski definition) is 2. The molecule has 0 radical (unpaired) electrons. The third-order valence-electron chi connectivity index (χ3n) is 5.13. The summed E-state index contributed by atoms with van der Waals surface area (Å²) in [6, 6.07) is 16.1. The average molecular weight is 383 g/mol. The third-order valence-corrected chi connectivity index (χ3v) is 5.13. The number of carbonyl (C=O) groups is 2. The number of benzene rings is 2. The summed E-state index contributed by atoms with van der Waals surface area (Å²) in [5.74, 6) is -0.241. The number of alkyl carbamates (subject to hydrolysis) is 1. The predicted octanol–water partition coefficient (Wildman–Crippen LogP) is 2.48. The number of unbranched alkanes of at least 4 members (excludes halogenated alkanes) is 1. The molecule has 0 spiro atoms. The van der Waals surface area contributed by atoms with Crippen LogP contribution in [0.1, 0.15) is 36.3 Å². The van der Waals surface area contributed by atoms with E-state index in [1.807, 2.05) is 24.3 Å². The Bertz CT molecular complexity index is 791. The first-order valence-corrected chi connectivity index (χ1v) is 9.61. The number of carbonyl (C=O) groups excluding carboxylic acids is 2. The summed E-state index contributed by atoms with van der Waals surface area (Å²) in [6.07, 6.45) is 1.76. The van der Waals surface area contributed by atoms with Crippen LogP contribution in [0.5, 0.6) is 0 Å². The summed E-state index contributed by atoms with van der Waals surface area (Å²) in [5.41, 5.74) is 8.57. The number of ether oxygens (including phenoxy) is 2. The Balaban J connectivity index is 1.45. The van der Waals surface area contributed by atoms with Crippen LogP contribution in [0, 0.1) is 0 Å². The number of esters is 1. The van der Waals surface area contributed by atoms with Crippen LogP contribution < -0.4 is 11.1 Å². The van der Waals surface area contributed by atoms with Crippen molar-refractivity contribution < 1.29 is 24.8 Å². The molecule has 1 aliphatic rings. The van der Waals surface area contributed by atoms with Crippen molar-refractivity contribution in [1.82, 2.24) is 5.32 Å². The van der Waals surface area contributed by atoms with Crippen molar-refractivity contribution in [2.45, 2.75) is 31.2 Å². The highest BCUT2D eigenvalue weighted by molar-refractivity contribution is 5.79. The van der Waals surface area contributed by atoms with E-state index in [0.29, 0.717) is 19.6 Å². The fourth-order valence-electron chi connectivity index (χ4n) is 3.64. The molecule has 0 unspecified atom stereocenters. The van der Waals surface area contributed by atoms with Gasteiger partial charge in [-0.05, 0) is 35.1 Å². The molecule has 148 valence electrons. The number of quaternary nitrogens is 1.